The van der Waals surface area contributed by atoms with Crippen LogP contribution in [0.15, 0.2) is 60.7 Å². The van der Waals surface area contributed by atoms with Gasteiger partial charge < -0.3 is 4.90 Å². The van der Waals surface area contributed by atoms with Gasteiger partial charge in [0.25, 0.3) is 0 Å². The van der Waals surface area contributed by atoms with Crippen LogP contribution in [0.5, 0.6) is 0 Å². The average Bonchev–Trinajstić information content (AvgIpc) is 2.46. The van der Waals surface area contributed by atoms with E-state index in [2.05, 4.69) is 6.07 Å². The van der Waals surface area contributed by atoms with E-state index < -0.39 is 0 Å². The summed E-state index contributed by atoms with van der Waals surface area (Å²) >= 11 is 0. The Morgan fingerprint density at radius 1 is 1.10 bits per heavy atom. The van der Waals surface area contributed by atoms with Gasteiger partial charge in [0.1, 0.15) is 0 Å². The maximum Gasteiger partial charge on any atom is 0.246 e. The van der Waals surface area contributed by atoms with Gasteiger partial charge in [0, 0.05) is 19.7 Å². The first kappa shape index (κ1) is 14.1. The Hall–Kier alpha value is -2.35. The Labute approximate surface area is 120 Å². The molecule has 0 spiro atoms. The van der Waals surface area contributed by atoms with Crippen LogP contribution in [-0.2, 0) is 11.3 Å². The maximum absolute atomic E-state index is 12.0. The molecule has 2 rings (SSSR count). The summed E-state index contributed by atoms with van der Waals surface area (Å²) in [5.41, 5.74) is 3.37. The number of benzene rings is 2. The van der Waals surface area contributed by atoms with Gasteiger partial charge in [-0.15, -0.1) is 0 Å². The van der Waals surface area contributed by atoms with E-state index in [1.807, 2.05) is 68.6 Å². The molecule has 0 aliphatic heterocycles. The van der Waals surface area contributed by atoms with Gasteiger partial charge in [-0.3, -0.25) is 4.79 Å². The van der Waals surface area contributed by atoms with Crippen molar-refractivity contribution in [3.05, 3.63) is 77.4 Å². The standard InChI is InChI=1S/C18H19NO/c1-15-7-6-10-16(13-15)11-12-18(20)19(2)14-17-8-4-3-5-9-17/h3-13H,14H2,1-2H3. The van der Waals surface area contributed by atoms with Crippen LogP contribution >= 0.6 is 0 Å². The fraction of sp³-hybridized carbons (Fsp3) is 0.167. The van der Waals surface area contributed by atoms with Gasteiger partial charge in [-0.05, 0) is 24.1 Å². The highest BCUT2D eigenvalue weighted by Gasteiger charge is 2.05. The molecule has 0 atom stereocenters. The van der Waals surface area contributed by atoms with E-state index in [0.717, 1.165) is 11.1 Å². The molecular formula is C18H19NO. The molecule has 0 N–H and O–H groups in total. The van der Waals surface area contributed by atoms with Crippen molar-refractivity contribution in [1.29, 1.82) is 0 Å². The summed E-state index contributed by atoms with van der Waals surface area (Å²) in [5, 5.41) is 0. The minimum Gasteiger partial charge on any atom is -0.338 e. The number of hydrogen-bond acceptors (Lipinski definition) is 1. The molecular weight excluding hydrogens is 246 g/mol. The van der Waals surface area contributed by atoms with Gasteiger partial charge in [0.15, 0.2) is 0 Å². The van der Waals surface area contributed by atoms with Gasteiger partial charge in [0.05, 0.1) is 0 Å². The van der Waals surface area contributed by atoms with Crippen molar-refractivity contribution >= 4 is 12.0 Å². The number of likely N-dealkylation sites (N-methyl/N-ethyl adjacent to an activating group) is 1. The number of amides is 1. The van der Waals surface area contributed by atoms with Crippen molar-refractivity contribution in [1.82, 2.24) is 4.90 Å². The topological polar surface area (TPSA) is 20.3 Å². The number of nitrogens with zero attached hydrogens (tertiary/aromatic N) is 1. The van der Waals surface area contributed by atoms with E-state index in [-0.39, 0.29) is 5.91 Å². The largest absolute Gasteiger partial charge is 0.338 e. The molecule has 2 nitrogen and oxygen atoms in total. The number of carbonyl (C=O) groups is 1. The molecule has 0 saturated carbocycles. The maximum atomic E-state index is 12.0. The number of rotatable bonds is 4. The first-order chi connectivity index (χ1) is 9.65. The minimum atomic E-state index is 0.00959. The normalized spacial score (nSPS) is 10.7. The molecule has 0 bridgehead atoms. The highest BCUT2D eigenvalue weighted by Crippen LogP contribution is 2.07. The summed E-state index contributed by atoms with van der Waals surface area (Å²) < 4.78 is 0. The first-order valence-electron chi connectivity index (χ1n) is 6.69. The second-order valence-electron chi connectivity index (χ2n) is 4.93. The summed E-state index contributed by atoms with van der Waals surface area (Å²) in [6, 6.07) is 18.1. The molecule has 0 aliphatic carbocycles. The van der Waals surface area contributed by atoms with E-state index in [1.165, 1.54) is 5.56 Å². The molecule has 0 saturated heterocycles. The predicted molar refractivity (Wildman–Crippen MR) is 83.1 cm³/mol. The van der Waals surface area contributed by atoms with Crippen LogP contribution in [0.1, 0.15) is 16.7 Å². The van der Waals surface area contributed by atoms with Crippen molar-refractivity contribution in [2.45, 2.75) is 13.5 Å². The van der Waals surface area contributed by atoms with Crippen molar-refractivity contribution < 1.29 is 4.79 Å². The van der Waals surface area contributed by atoms with Gasteiger partial charge in [-0.2, -0.15) is 0 Å². The predicted octanol–water partition coefficient (Wildman–Crippen LogP) is 3.67. The number of hydrogen-bond donors (Lipinski definition) is 0. The Morgan fingerprint density at radius 3 is 2.55 bits per heavy atom. The Kier molecular flexibility index (Phi) is 4.72. The Balaban J connectivity index is 1.97. The lowest BCUT2D eigenvalue weighted by molar-refractivity contribution is -0.125. The fourth-order valence-corrected chi connectivity index (χ4v) is 2.00. The number of carbonyl (C=O) groups excluding carboxylic acids is 1. The fourth-order valence-electron chi connectivity index (χ4n) is 2.00. The summed E-state index contributed by atoms with van der Waals surface area (Å²) in [7, 11) is 1.82. The smallest absolute Gasteiger partial charge is 0.246 e. The molecule has 2 aromatic rings. The van der Waals surface area contributed by atoms with Gasteiger partial charge >= 0.3 is 0 Å². The van der Waals surface area contributed by atoms with Crippen molar-refractivity contribution in [2.24, 2.45) is 0 Å². The monoisotopic (exact) mass is 265 g/mol. The molecule has 0 heterocycles. The second kappa shape index (κ2) is 6.71. The lowest BCUT2D eigenvalue weighted by Gasteiger charge is -2.15. The van der Waals surface area contributed by atoms with Crippen molar-refractivity contribution in [2.75, 3.05) is 7.05 Å². The van der Waals surface area contributed by atoms with E-state index in [4.69, 9.17) is 0 Å². The quantitative estimate of drug-likeness (QED) is 0.772. The molecule has 0 aliphatic rings. The van der Waals surface area contributed by atoms with E-state index in [0.29, 0.717) is 6.54 Å². The summed E-state index contributed by atoms with van der Waals surface area (Å²) in [5.74, 6) is 0.00959. The van der Waals surface area contributed by atoms with E-state index in [1.54, 1.807) is 11.0 Å². The lowest BCUT2D eigenvalue weighted by atomic mass is 10.1. The minimum absolute atomic E-state index is 0.00959. The molecule has 1 amide bonds. The SMILES string of the molecule is Cc1cccc(C=CC(=O)N(C)Cc2ccccc2)c1. The van der Waals surface area contributed by atoms with Gasteiger partial charge in [-0.25, -0.2) is 0 Å². The van der Waals surface area contributed by atoms with Gasteiger partial charge in [0.2, 0.25) is 5.91 Å². The number of aryl methyl sites for hydroxylation is 1. The van der Waals surface area contributed by atoms with Crippen LogP contribution < -0.4 is 0 Å². The highest BCUT2D eigenvalue weighted by molar-refractivity contribution is 5.91. The summed E-state index contributed by atoms with van der Waals surface area (Å²) in [6.45, 7) is 2.67. The third-order valence-corrected chi connectivity index (χ3v) is 3.10. The molecule has 2 aromatic carbocycles. The summed E-state index contributed by atoms with van der Waals surface area (Å²) in [4.78, 5) is 13.8. The Morgan fingerprint density at radius 2 is 1.85 bits per heavy atom. The van der Waals surface area contributed by atoms with Crippen molar-refractivity contribution in [3.63, 3.8) is 0 Å². The zero-order valence-electron chi connectivity index (χ0n) is 11.9. The first-order valence-corrected chi connectivity index (χ1v) is 6.69. The van der Waals surface area contributed by atoms with Crippen LogP contribution in [0.3, 0.4) is 0 Å². The van der Waals surface area contributed by atoms with Crippen LogP contribution in [0.2, 0.25) is 0 Å². The molecule has 0 fully saturated rings. The molecule has 0 radical (unpaired) electrons. The third kappa shape index (κ3) is 4.09. The van der Waals surface area contributed by atoms with Crippen LogP contribution in [0.25, 0.3) is 6.08 Å². The highest BCUT2D eigenvalue weighted by atomic mass is 16.2. The van der Waals surface area contributed by atoms with Crippen LogP contribution in [0.4, 0.5) is 0 Å². The van der Waals surface area contributed by atoms with E-state index in [9.17, 15) is 4.79 Å². The average molecular weight is 265 g/mol. The molecule has 0 aromatic heterocycles. The molecule has 20 heavy (non-hydrogen) atoms. The van der Waals surface area contributed by atoms with Gasteiger partial charge in [-0.1, -0.05) is 60.2 Å². The Bertz CT molecular complexity index is 602. The zero-order chi connectivity index (χ0) is 14.4. The molecule has 2 heteroatoms. The molecule has 0 unspecified atom stereocenters. The lowest BCUT2D eigenvalue weighted by Crippen LogP contribution is -2.23. The van der Waals surface area contributed by atoms with Crippen LogP contribution in [0, 0.1) is 6.92 Å². The zero-order valence-corrected chi connectivity index (χ0v) is 11.9. The van der Waals surface area contributed by atoms with Crippen LogP contribution in [-0.4, -0.2) is 17.9 Å². The molecule has 102 valence electrons. The second-order valence-corrected chi connectivity index (χ2v) is 4.93. The van der Waals surface area contributed by atoms with E-state index >= 15 is 0 Å². The summed E-state index contributed by atoms with van der Waals surface area (Å²) in [6.07, 6.45) is 3.48. The van der Waals surface area contributed by atoms with Crippen molar-refractivity contribution in [3.8, 4) is 0 Å². The third-order valence-electron chi connectivity index (χ3n) is 3.10.